The number of hydrogen-bond donors (Lipinski definition) is 1. The van der Waals surface area contributed by atoms with Crippen LogP contribution in [0.25, 0.3) is 0 Å². The van der Waals surface area contributed by atoms with E-state index in [1.807, 2.05) is 11.8 Å². The van der Waals surface area contributed by atoms with Crippen LogP contribution in [0.2, 0.25) is 0 Å². The third-order valence-electron chi connectivity index (χ3n) is 3.33. The van der Waals surface area contributed by atoms with Crippen LogP contribution in [0.15, 0.2) is 18.2 Å². The molecule has 2 atom stereocenters. The molecule has 1 fully saturated rings. The number of nitrogens with zero attached hydrogens (tertiary/aromatic N) is 1. The van der Waals surface area contributed by atoms with Crippen molar-refractivity contribution in [3.8, 4) is 0 Å². The first kappa shape index (κ1) is 15.5. The first-order chi connectivity index (χ1) is 9.25. The van der Waals surface area contributed by atoms with E-state index in [1.165, 1.54) is 12.1 Å². The van der Waals surface area contributed by atoms with E-state index < -0.39 is 11.7 Å². The van der Waals surface area contributed by atoms with Gasteiger partial charge in [0.2, 0.25) is 0 Å². The molecule has 2 N–H and O–H groups in total. The Hall–Kier alpha value is -0.880. The van der Waals surface area contributed by atoms with Crippen molar-refractivity contribution < 1.29 is 13.2 Å². The first-order valence-electron chi connectivity index (χ1n) is 6.59. The fourth-order valence-corrected chi connectivity index (χ4v) is 4.04. The first-order valence-corrected chi connectivity index (χ1v) is 7.53. The topological polar surface area (TPSA) is 29.3 Å². The molecule has 1 heterocycles. The standard InChI is InChI=1S/C14H19F3N2S/c1-9-6-19(7-10(2)20-9)8-11-3-4-12(18)5-13(11)14(15,16)17/h3-5,9-10H,6-8,18H2,1-2H3. The Morgan fingerprint density at radius 3 is 2.40 bits per heavy atom. The van der Waals surface area contributed by atoms with Crippen molar-refractivity contribution in [1.82, 2.24) is 4.90 Å². The predicted octanol–water partition coefficient (Wildman–Crippen LogP) is 3.61. The van der Waals surface area contributed by atoms with Crippen molar-refractivity contribution in [2.24, 2.45) is 0 Å². The monoisotopic (exact) mass is 304 g/mol. The third kappa shape index (κ3) is 3.82. The van der Waals surface area contributed by atoms with Crippen molar-refractivity contribution in [2.75, 3.05) is 18.8 Å². The van der Waals surface area contributed by atoms with E-state index in [0.29, 0.717) is 22.6 Å². The van der Waals surface area contributed by atoms with Crippen molar-refractivity contribution >= 4 is 17.4 Å². The zero-order valence-corrected chi connectivity index (χ0v) is 12.4. The lowest BCUT2D eigenvalue weighted by Gasteiger charge is -2.35. The number of benzene rings is 1. The third-order valence-corrected chi connectivity index (χ3v) is 4.56. The van der Waals surface area contributed by atoms with Crippen LogP contribution in [0, 0.1) is 0 Å². The van der Waals surface area contributed by atoms with Crippen LogP contribution in [0.5, 0.6) is 0 Å². The molecule has 1 aliphatic rings. The summed E-state index contributed by atoms with van der Waals surface area (Å²) >= 11 is 1.88. The van der Waals surface area contributed by atoms with Crippen molar-refractivity contribution in [3.63, 3.8) is 0 Å². The highest BCUT2D eigenvalue weighted by molar-refractivity contribution is 8.00. The average molecular weight is 304 g/mol. The van der Waals surface area contributed by atoms with Crippen LogP contribution in [0.4, 0.5) is 18.9 Å². The maximum absolute atomic E-state index is 13.1. The summed E-state index contributed by atoms with van der Waals surface area (Å²) in [6, 6.07) is 4.06. The normalized spacial score (nSPS) is 24.9. The summed E-state index contributed by atoms with van der Waals surface area (Å²) in [7, 11) is 0. The molecule has 112 valence electrons. The second-order valence-corrected chi connectivity index (χ2v) is 7.25. The number of alkyl halides is 3. The Morgan fingerprint density at radius 1 is 1.25 bits per heavy atom. The second-order valence-electron chi connectivity index (χ2n) is 5.37. The van der Waals surface area contributed by atoms with Crippen molar-refractivity contribution in [2.45, 2.75) is 37.1 Å². The number of hydrogen-bond acceptors (Lipinski definition) is 3. The molecule has 1 aromatic rings. The molecule has 0 aromatic heterocycles. The lowest BCUT2D eigenvalue weighted by molar-refractivity contribution is -0.138. The van der Waals surface area contributed by atoms with E-state index >= 15 is 0 Å². The van der Waals surface area contributed by atoms with E-state index in [9.17, 15) is 13.2 Å². The number of anilines is 1. The zero-order chi connectivity index (χ0) is 14.9. The molecule has 1 aromatic carbocycles. The van der Waals surface area contributed by atoms with Gasteiger partial charge in [-0.15, -0.1) is 0 Å². The Bertz CT molecular complexity index is 466. The smallest absolute Gasteiger partial charge is 0.399 e. The van der Waals surface area contributed by atoms with Gasteiger partial charge in [-0.1, -0.05) is 19.9 Å². The molecule has 0 aliphatic carbocycles. The lowest BCUT2D eigenvalue weighted by Crippen LogP contribution is -2.40. The van der Waals surface area contributed by atoms with Crippen molar-refractivity contribution in [1.29, 1.82) is 0 Å². The molecule has 1 saturated heterocycles. The van der Waals surface area contributed by atoms with Gasteiger partial charge in [-0.3, -0.25) is 4.90 Å². The molecule has 0 saturated carbocycles. The molecule has 2 nitrogen and oxygen atoms in total. The summed E-state index contributed by atoms with van der Waals surface area (Å²) in [5.41, 5.74) is 5.32. The Morgan fingerprint density at radius 2 is 1.85 bits per heavy atom. The average Bonchev–Trinajstić information content (AvgIpc) is 2.28. The van der Waals surface area contributed by atoms with Gasteiger partial charge in [0.15, 0.2) is 0 Å². The summed E-state index contributed by atoms with van der Waals surface area (Å²) in [5, 5.41) is 0.892. The summed E-state index contributed by atoms with van der Waals surface area (Å²) in [5.74, 6) is 0. The van der Waals surface area contributed by atoms with E-state index in [0.717, 1.165) is 19.2 Å². The largest absolute Gasteiger partial charge is 0.416 e. The number of nitrogen functional groups attached to an aromatic ring is 1. The SMILES string of the molecule is CC1CN(Cc2ccc(N)cc2C(F)(F)F)CC(C)S1. The fraction of sp³-hybridized carbons (Fsp3) is 0.571. The molecule has 20 heavy (non-hydrogen) atoms. The quantitative estimate of drug-likeness (QED) is 0.846. The Balaban J connectivity index is 2.21. The van der Waals surface area contributed by atoms with E-state index in [1.54, 1.807) is 0 Å². The molecule has 0 amide bonds. The van der Waals surface area contributed by atoms with E-state index in [4.69, 9.17) is 5.73 Å². The van der Waals surface area contributed by atoms with E-state index in [-0.39, 0.29) is 5.69 Å². The minimum atomic E-state index is -4.35. The minimum absolute atomic E-state index is 0.150. The molecule has 2 unspecified atom stereocenters. The van der Waals surface area contributed by atoms with Gasteiger partial charge in [0, 0.05) is 35.8 Å². The van der Waals surface area contributed by atoms with Gasteiger partial charge in [-0.25, -0.2) is 0 Å². The Kier molecular flexibility index (Phi) is 4.54. The highest BCUT2D eigenvalue weighted by atomic mass is 32.2. The van der Waals surface area contributed by atoms with Gasteiger partial charge < -0.3 is 5.73 Å². The minimum Gasteiger partial charge on any atom is -0.399 e. The number of nitrogens with two attached hydrogens (primary N) is 1. The maximum atomic E-state index is 13.1. The van der Waals surface area contributed by atoms with Crippen LogP contribution < -0.4 is 5.73 Å². The molecule has 1 aliphatic heterocycles. The van der Waals surface area contributed by atoms with Gasteiger partial charge in [-0.2, -0.15) is 24.9 Å². The van der Waals surface area contributed by atoms with Crippen molar-refractivity contribution in [3.05, 3.63) is 29.3 Å². The van der Waals surface area contributed by atoms with Crippen LogP contribution >= 0.6 is 11.8 Å². The summed E-state index contributed by atoms with van der Waals surface area (Å²) < 4.78 is 39.2. The number of halogens is 3. The summed E-state index contributed by atoms with van der Waals surface area (Å²) in [6.45, 7) is 6.18. The zero-order valence-electron chi connectivity index (χ0n) is 11.6. The van der Waals surface area contributed by atoms with Gasteiger partial charge in [0.25, 0.3) is 0 Å². The molecule has 2 rings (SSSR count). The highest BCUT2D eigenvalue weighted by Crippen LogP contribution is 2.34. The van der Waals surface area contributed by atoms with Crippen LogP contribution in [0.3, 0.4) is 0 Å². The molecular formula is C14H19F3N2S. The second kappa shape index (κ2) is 5.85. The molecular weight excluding hydrogens is 285 g/mol. The maximum Gasteiger partial charge on any atom is 0.416 e. The highest BCUT2D eigenvalue weighted by Gasteiger charge is 2.34. The number of thioether (sulfide) groups is 1. The van der Waals surface area contributed by atoms with Gasteiger partial charge in [0.1, 0.15) is 0 Å². The predicted molar refractivity (Wildman–Crippen MR) is 77.6 cm³/mol. The molecule has 0 radical (unpaired) electrons. The summed E-state index contributed by atoms with van der Waals surface area (Å²) in [4.78, 5) is 2.09. The van der Waals surface area contributed by atoms with Gasteiger partial charge in [0.05, 0.1) is 5.56 Å². The molecule has 0 bridgehead atoms. The van der Waals surface area contributed by atoms with Crippen LogP contribution in [-0.4, -0.2) is 28.5 Å². The molecule has 6 heteroatoms. The van der Waals surface area contributed by atoms with Gasteiger partial charge >= 0.3 is 6.18 Å². The van der Waals surface area contributed by atoms with Crippen LogP contribution in [-0.2, 0) is 12.7 Å². The van der Waals surface area contributed by atoms with E-state index in [2.05, 4.69) is 18.7 Å². The fourth-order valence-electron chi connectivity index (χ4n) is 2.65. The number of rotatable bonds is 2. The molecule has 0 spiro atoms. The Labute approximate surface area is 121 Å². The van der Waals surface area contributed by atoms with Crippen LogP contribution in [0.1, 0.15) is 25.0 Å². The summed E-state index contributed by atoms with van der Waals surface area (Å²) in [6.07, 6.45) is -4.35. The lowest BCUT2D eigenvalue weighted by atomic mass is 10.1. The van der Waals surface area contributed by atoms with Gasteiger partial charge in [-0.05, 0) is 17.7 Å².